The number of rotatable bonds is 3. The molecule has 3 aliphatic rings. The molecule has 5 rings (SSSR count). The van der Waals surface area contributed by atoms with Crippen molar-refractivity contribution in [2.75, 3.05) is 29.9 Å². The van der Waals surface area contributed by atoms with Gasteiger partial charge in [0.1, 0.15) is 24.2 Å². The molecule has 0 unspecified atom stereocenters. The average molecular weight is 381 g/mol. The van der Waals surface area contributed by atoms with Gasteiger partial charge in [0.25, 0.3) is 5.91 Å². The molecule has 3 aliphatic heterocycles. The van der Waals surface area contributed by atoms with E-state index in [-0.39, 0.29) is 24.4 Å². The lowest BCUT2D eigenvalue weighted by atomic mass is 9.99. The van der Waals surface area contributed by atoms with E-state index in [1.54, 1.807) is 12.1 Å². The molecule has 0 radical (unpaired) electrons. The van der Waals surface area contributed by atoms with E-state index < -0.39 is 0 Å². The number of amides is 1. The summed E-state index contributed by atoms with van der Waals surface area (Å²) in [5.41, 5.74) is 6.08. The predicted molar refractivity (Wildman–Crippen MR) is 105 cm³/mol. The molecule has 1 atom stereocenters. The molecule has 0 aromatic heterocycles. The van der Waals surface area contributed by atoms with Crippen LogP contribution in [0, 0.1) is 5.82 Å². The Morgan fingerprint density at radius 2 is 2.04 bits per heavy atom. The number of fused-ring (bicyclic) bond motifs is 3. The monoisotopic (exact) mass is 381 g/mol. The molecule has 0 aliphatic carbocycles. The molecule has 2 aromatic rings. The van der Waals surface area contributed by atoms with Gasteiger partial charge in [-0.3, -0.25) is 4.79 Å². The Kier molecular flexibility index (Phi) is 3.94. The minimum atomic E-state index is -0.384. The van der Waals surface area contributed by atoms with Gasteiger partial charge in [0.05, 0.1) is 11.7 Å². The van der Waals surface area contributed by atoms with E-state index in [1.807, 2.05) is 24.0 Å². The van der Waals surface area contributed by atoms with Crippen LogP contribution < -0.4 is 25.7 Å². The van der Waals surface area contributed by atoms with Crippen LogP contribution in [-0.2, 0) is 4.79 Å². The first-order valence-electron chi connectivity index (χ1n) is 9.30. The van der Waals surface area contributed by atoms with Crippen molar-refractivity contribution in [1.82, 2.24) is 10.7 Å². The molecule has 7 nitrogen and oxygen atoms in total. The second-order valence-electron chi connectivity index (χ2n) is 7.21. The zero-order chi connectivity index (χ0) is 19.3. The fourth-order valence-electron chi connectivity index (χ4n) is 3.67. The quantitative estimate of drug-likeness (QED) is 0.757. The second-order valence-corrected chi connectivity index (χ2v) is 7.21. The number of hydrogen-bond donors (Lipinski definition) is 3. The zero-order valence-electron chi connectivity index (χ0n) is 15.3. The van der Waals surface area contributed by atoms with Gasteiger partial charge in [-0.05, 0) is 36.8 Å². The number of benzene rings is 2. The zero-order valence-corrected chi connectivity index (χ0v) is 15.3. The molecule has 28 heavy (non-hydrogen) atoms. The molecule has 2 aromatic carbocycles. The molecular formula is C20H20FN5O2. The number of carbonyl (C=O) groups excluding carboxylic acids is 1. The van der Waals surface area contributed by atoms with Crippen LogP contribution >= 0.6 is 0 Å². The third-order valence-corrected chi connectivity index (χ3v) is 5.35. The van der Waals surface area contributed by atoms with Crippen LogP contribution in [-0.4, -0.2) is 43.5 Å². The maximum atomic E-state index is 13.4. The minimum absolute atomic E-state index is 0.156. The highest BCUT2D eigenvalue weighted by molar-refractivity contribution is 6.10. The molecule has 0 spiro atoms. The van der Waals surface area contributed by atoms with Gasteiger partial charge >= 0.3 is 0 Å². The van der Waals surface area contributed by atoms with Crippen molar-refractivity contribution < 1.29 is 13.9 Å². The fourth-order valence-corrected chi connectivity index (χ4v) is 3.67. The maximum Gasteiger partial charge on any atom is 0.262 e. The summed E-state index contributed by atoms with van der Waals surface area (Å²) in [6, 6.07) is 10.3. The van der Waals surface area contributed by atoms with E-state index in [2.05, 4.69) is 21.2 Å². The van der Waals surface area contributed by atoms with E-state index in [4.69, 9.17) is 4.74 Å². The van der Waals surface area contributed by atoms with Crippen molar-refractivity contribution in [3.63, 3.8) is 0 Å². The summed E-state index contributed by atoms with van der Waals surface area (Å²) in [6.07, 6.45) is 0. The Balaban J connectivity index is 1.63. The van der Waals surface area contributed by atoms with Crippen molar-refractivity contribution in [3.05, 3.63) is 42.2 Å². The summed E-state index contributed by atoms with van der Waals surface area (Å²) in [5.74, 6) is 0.920. The Hall–Kier alpha value is -3.13. The molecule has 144 valence electrons. The van der Waals surface area contributed by atoms with Crippen LogP contribution in [0.2, 0.25) is 0 Å². The highest BCUT2D eigenvalue weighted by Crippen LogP contribution is 2.42. The Labute approximate surface area is 161 Å². The van der Waals surface area contributed by atoms with Crippen LogP contribution in [0.4, 0.5) is 15.8 Å². The lowest BCUT2D eigenvalue weighted by molar-refractivity contribution is -0.122. The number of ether oxygens (including phenoxy) is 1. The van der Waals surface area contributed by atoms with Gasteiger partial charge in [-0.25, -0.2) is 9.82 Å². The van der Waals surface area contributed by atoms with Gasteiger partial charge < -0.3 is 20.3 Å². The number of hydrogen-bond acceptors (Lipinski definition) is 6. The van der Waals surface area contributed by atoms with Crippen LogP contribution in [0.15, 0.2) is 41.5 Å². The van der Waals surface area contributed by atoms with Gasteiger partial charge in [0.15, 0.2) is 5.84 Å². The number of nitrogens with zero attached hydrogens (tertiary/aromatic N) is 2. The molecule has 0 saturated carbocycles. The van der Waals surface area contributed by atoms with E-state index in [9.17, 15) is 9.18 Å². The Morgan fingerprint density at radius 3 is 2.75 bits per heavy atom. The Morgan fingerprint density at radius 1 is 1.25 bits per heavy atom. The molecule has 0 bridgehead atoms. The van der Waals surface area contributed by atoms with E-state index >= 15 is 0 Å². The molecule has 3 heterocycles. The molecule has 1 fully saturated rings. The first-order valence-corrected chi connectivity index (χ1v) is 9.30. The van der Waals surface area contributed by atoms with Gasteiger partial charge in [0.2, 0.25) is 0 Å². The maximum absolute atomic E-state index is 13.4. The fraction of sp³-hybridized carbons (Fsp3) is 0.300. The minimum Gasteiger partial charge on any atom is -0.483 e. The summed E-state index contributed by atoms with van der Waals surface area (Å²) in [5, 5.41) is 10.9. The van der Waals surface area contributed by atoms with Crippen molar-refractivity contribution in [1.29, 1.82) is 0 Å². The number of carbonyl (C=O) groups is 1. The largest absolute Gasteiger partial charge is 0.483 e. The number of hydrazone groups is 1. The summed E-state index contributed by atoms with van der Waals surface area (Å²) in [6.45, 7) is 3.88. The SMILES string of the molecule is C[C@@H]1C(=O)NN=C2COc3cc(-c4ccc(F)cc4)c(NC4CNC4)cc3N21. The standard InChI is InChI=1S/C20H20FN5O2/c1-11-20(27)25-24-19-10-28-18-6-15(12-2-4-13(21)5-3-12)16(7-17(18)26(11)19)23-14-8-22-9-14/h2-7,11,14,22-23H,8-10H2,1H3,(H,25,27)/t11-/m1/s1. The summed E-state index contributed by atoms with van der Waals surface area (Å²) in [4.78, 5) is 14.1. The lowest BCUT2D eigenvalue weighted by Crippen LogP contribution is -2.55. The smallest absolute Gasteiger partial charge is 0.262 e. The van der Waals surface area contributed by atoms with Gasteiger partial charge in [-0.2, -0.15) is 5.10 Å². The second kappa shape index (κ2) is 6.49. The summed E-state index contributed by atoms with van der Waals surface area (Å²) >= 11 is 0. The van der Waals surface area contributed by atoms with E-state index in [0.29, 0.717) is 17.6 Å². The molecule has 8 heteroatoms. The molecular weight excluding hydrogens is 361 g/mol. The summed E-state index contributed by atoms with van der Waals surface area (Å²) in [7, 11) is 0. The van der Waals surface area contributed by atoms with Gasteiger partial charge in [-0.1, -0.05) is 12.1 Å². The van der Waals surface area contributed by atoms with Gasteiger partial charge in [-0.15, -0.1) is 0 Å². The highest BCUT2D eigenvalue weighted by atomic mass is 19.1. The first-order chi connectivity index (χ1) is 13.6. The van der Waals surface area contributed by atoms with Crippen LogP contribution in [0.3, 0.4) is 0 Å². The van der Waals surface area contributed by atoms with Gasteiger partial charge in [0, 0.05) is 24.3 Å². The third-order valence-electron chi connectivity index (χ3n) is 5.35. The van der Waals surface area contributed by atoms with E-state index in [1.165, 1.54) is 12.1 Å². The van der Waals surface area contributed by atoms with Crippen molar-refractivity contribution in [2.24, 2.45) is 5.10 Å². The van der Waals surface area contributed by atoms with Crippen molar-refractivity contribution in [2.45, 2.75) is 19.0 Å². The normalized spacial score (nSPS) is 20.9. The third kappa shape index (κ3) is 2.77. The summed E-state index contributed by atoms with van der Waals surface area (Å²) < 4.78 is 19.3. The lowest BCUT2D eigenvalue weighted by Gasteiger charge is -2.39. The predicted octanol–water partition coefficient (Wildman–Crippen LogP) is 1.91. The number of nitrogens with one attached hydrogen (secondary N) is 3. The molecule has 3 N–H and O–H groups in total. The topological polar surface area (TPSA) is 78.0 Å². The van der Waals surface area contributed by atoms with Crippen molar-refractivity contribution in [3.8, 4) is 16.9 Å². The number of anilines is 2. The highest BCUT2D eigenvalue weighted by Gasteiger charge is 2.36. The molecule has 1 saturated heterocycles. The van der Waals surface area contributed by atoms with Crippen LogP contribution in [0.1, 0.15) is 6.92 Å². The molecule has 1 amide bonds. The Bertz CT molecular complexity index is 971. The van der Waals surface area contributed by atoms with Crippen LogP contribution in [0.5, 0.6) is 5.75 Å². The van der Waals surface area contributed by atoms with E-state index in [0.717, 1.165) is 35.6 Å². The number of amidine groups is 1. The number of halogens is 1. The average Bonchev–Trinajstić information content (AvgIpc) is 2.67. The van der Waals surface area contributed by atoms with Crippen LogP contribution in [0.25, 0.3) is 11.1 Å². The first kappa shape index (κ1) is 17.0. The van der Waals surface area contributed by atoms with Crippen molar-refractivity contribution >= 4 is 23.1 Å².